The molecule has 1 aliphatic rings. The second kappa shape index (κ2) is 5.54. The topological polar surface area (TPSA) is 17.1 Å². The van der Waals surface area contributed by atoms with Gasteiger partial charge in [0.05, 0.1) is 0 Å². The van der Waals surface area contributed by atoms with Gasteiger partial charge < -0.3 is 0 Å². The number of carbonyl (C=O) groups excluding carboxylic acids is 1. The van der Waals surface area contributed by atoms with Gasteiger partial charge in [-0.2, -0.15) is 0 Å². The second-order valence-corrected chi connectivity index (χ2v) is 7.21. The Kier molecular flexibility index (Phi) is 4.80. The molecule has 0 aromatic rings. The third-order valence-electron chi connectivity index (χ3n) is 4.77. The molecule has 0 unspecified atom stereocenters. The molecule has 0 saturated heterocycles. The van der Waals surface area contributed by atoms with Gasteiger partial charge in [-0.3, -0.25) is 4.79 Å². The minimum absolute atomic E-state index is 0.411. The third kappa shape index (κ3) is 3.82. The van der Waals surface area contributed by atoms with Crippen molar-refractivity contribution >= 4 is 5.78 Å². The van der Waals surface area contributed by atoms with Crippen molar-refractivity contribution in [3.63, 3.8) is 0 Å². The van der Waals surface area contributed by atoms with Gasteiger partial charge in [0.2, 0.25) is 0 Å². The van der Waals surface area contributed by atoms with Crippen LogP contribution in [0.15, 0.2) is 0 Å². The van der Waals surface area contributed by atoms with Crippen LogP contribution < -0.4 is 0 Å². The van der Waals surface area contributed by atoms with Crippen LogP contribution in [0.5, 0.6) is 0 Å². The lowest BCUT2D eigenvalue weighted by Gasteiger charge is -2.49. The molecule has 100 valence electrons. The fourth-order valence-corrected chi connectivity index (χ4v) is 3.90. The van der Waals surface area contributed by atoms with E-state index in [2.05, 4.69) is 34.6 Å². The largest absolute Gasteiger partial charge is 0.300 e. The summed E-state index contributed by atoms with van der Waals surface area (Å²) in [6, 6.07) is 0. The molecular weight excluding hydrogens is 208 g/mol. The van der Waals surface area contributed by atoms with E-state index < -0.39 is 0 Å². The van der Waals surface area contributed by atoms with Crippen LogP contribution >= 0.6 is 0 Å². The molecule has 1 saturated carbocycles. The van der Waals surface area contributed by atoms with E-state index in [4.69, 9.17) is 0 Å². The molecular formula is C16H30O. The van der Waals surface area contributed by atoms with Crippen LogP contribution in [0.2, 0.25) is 0 Å². The fraction of sp³-hybridized carbons (Fsp3) is 0.938. The molecule has 1 nitrogen and oxygen atoms in total. The number of hydrogen-bond acceptors (Lipinski definition) is 1. The fourth-order valence-electron chi connectivity index (χ4n) is 3.90. The summed E-state index contributed by atoms with van der Waals surface area (Å²) in [5, 5.41) is 0. The van der Waals surface area contributed by atoms with E-state index in [0.717, 1.165) is 25.7 Å². The van der Waals surface area contributed by atoms with Crippen LogP contribution in [-0.4, -0.2) is 5.78 Å². The predicted octanol–water partition coefficient (Wildman–Crippen LogP) is 4.99. The van der Waals surface area contributed by atoms with Crippen LogP contribution in [-0.2, 0) is 4.79 Å². The summed E-state index contributed by atoms with van der Waals surface area (Å²) in [5.74, 6) is 1.16. The maximum atomic E-state index is 11.7. The maximum Gasteiger partial charge on any atom is 0.132 e. The van der Waals surface area contributed by atoms with Gasteiger partial charge in [0.1, 0.15) is 5.78 Å². The van der Waals surface area contributed by atoms with E-state index in [1.165, 1.54) is 19.3 Å². The molecule has 0 atom stereocenters. The lowest BCUT2D eigenvalue weighted by molar-refractivity contribution is -0.120. The third-order valence-corrected chi connectivity index (χ3v) is 4.77. The summed E-state index contributed by atoms with van der Waals surface area (Å²) >= 11 is 0. The van der Waals surface area contributed by atoms with Gasteiger partial charge in [0, 0.05) is 12.8 Å². The van der Waals surface area contributed by atoms with Crippen molar-refractivity contribution in [3.05, 3.63) is 0 Å². The molecule has 0 heterocycles. The molecule has 0 amide bonds. The number of carbonyl (C=O) groups is 1. The number of ketones is 1. The van der Waals surface area contributed by atoms with Crippen LogP contribution in [0.4, 0.5) is 0 Å². The number of hydrogen-bond donors (Lipinski definition) is 0. The Labute approximate surface area is 107 Å². The van der Waals surface area contributed by atoms with E-state index in [1.54, 1.807) is 0 Å². The number of Topliss-reactive ketones (excluding diaryl/α,β-unsaturated/α-hetero) is 1. The van der Waals surface area contributed by atoms with Gasteiger partial charge in [0.25, 0.3) is 0 Å². The van der Waals surface area contributed by atoms with Crippen molar-refractivity contribution in [2.24, 2.45) is 16.7 Å². The first-order valence-corrected chi connectivity index (χ1v) is 7.31. The Morgan fingerprint density at radius 1 is 1.06 bits per heavy atom. The Morgan fingerprint density at radius 2 is 1.59 bits per heavy atom. The molecule has 0 radical (unpaired) electrons. The molecule has 0 aliphatic heterocycles. The average Bonchev–Trinajstić information content (AvgIpc) is 2.15. The quantitative estimate of drug-likeness (QED) is 0.659. The van der Waals surface area contributed by atoms with E-state index in [-0.39, 0.29) is 0 Å². The highest BCUT2D eigenvalue weighted by molar-refractivity contribution is 5.78. The van der Waals surface area contributed by atoms with Crippen molar-refractivity contribution in [1.82, 2.24) is 0 Å². The van der Waals surface area contributed by atoms with Gasteiger partial charge >= 0.3 is 0 Å². The molecule has 0 aromatic carbocycles. The van der Waals surface area contributed by atoms with Gasteiger partial charge in [0.15, 0.2) is 0 Å². The minimum atomic E-state index is 0.411. The average molecular weight is 238 g/mol. The predicted molar refractivity (Wildman–Crippen MR) is 74.1 cm³/mol. The summed E-state index contributed by atoms with van der Waals surface area (Å²) in [6.07, 6.45) is 7.65. The van der Waals surface area contributed by atoms with Crippen LogP contribution in [0.25, 0.3) is 0 Å². The zero-order valence-corrected chi connectivity index (χ0v) is 12.4. The molecule has 1 rings (SSSR count). The molecule has 0 N–H and O–H groups in total. The Balaban J connectivity index is 2.61. The zero-order chi connectivity index (χ0) is 13.1. The Hall–Kier alpha value is -0.330. The molecule has 1 fully saturated rings. The highest BCUT2D eigenvalue weighted by atomic mass is 16.1. The highest BCUT2D eigenvalue weighted by Gasteiger charge is 2.43. The van der Waals surface area contributed by atoms with Gasteiger partial charge in [-0.15, -0.1) is 0 Å². The Bertz CT molecular complexity index is 247. The van der Waals surface area contributed by atoms with E-state index >= 15 is 0 Å². The molecule has 0 bridgehead atoms. The summed E-state index contributed by atoms with van der Waals surface area (Å²) in [6.45, 7) is 11.7. The van der Waals surface area contributed by atoms with Crippen molar-refractivity contribution in [1.29, 1.82) is 0 Å². The highest BCUT2D eigenvalue weighted by Crippen LogP contribution is 2.52. The first-order valence-electron chi connectivity index (χ1n) is 7.31. The van der Waals surface area contributed by atoms with Gasteiger partial charge in [-0.05, 0) is 42.4 Å². The summed E-state index contributed by atoms with van der Waals surface area (Å²) in [5.41, 5.74) is 0.822. The molecule has 1 heteroatoms. The maximum absolute atomic E-state index is 11.7. The molecule has 0 spiro atoms. The van der Waals surface area contributed by atoms with E-state index in [0.29, 0.717) is 22.5 Å². The van der Waals surface area contributed by atoms with E-state index in [1.807, 2.05) is 0 Å². The first-order chi connectivity index (χ1) is 7.79. The summed E-state index contributed by atoms with van der Waals surface area (Å²) < 4.78 is 0. The van der Waals surface area contributed by atoms with Crippen LogP contribution in [0, 0.1) is 16.7 Å². The zero-order valence-electron chi connectivity index (χ0n) is 12.4. The van der Waals surface area contributed by atoms with Gasteiger partial charge in [-0.25, -0.2) is 0 Å². The van der Waals surface area contributed by atoms with Crippen molar-refractivity contribution in [2.75, 3.05) is 0 Å². The second-order valence-electron chi connectivity index (χ2n) is 7.21. The smallest absolute Gasteiger partial charge is 0.132 e. The summed E-state index contributed by atoms with van der Waals surface area (Å²) in [4.78, 5) is 11.7. The van der Waals surface area contributed by atoms with Gasteiger partial charge in [-0.1, -0.05) is 41.0 Å². The van der Waals surface area contributed by atoms with Crippen LogP contribution in [0.3, 0.4) is 0 Å². The molecule has 1 aliphatic carbocycles. The summed E-state index contributed by atoms with van der Waals surface area (Å²) in [7, 11) is 0. The monoisotopic (exact) mass is 238 g/mol. The van der Waals surface area contributed by atoms with E-state index in [9.17, 15) is 4.79 Å². The minimum Gasteiger partial charge on any atom is -0.300 e. The van der Waals surface area contributed by atoms with Crippen molar-refractivity contribution in [3.8, 4) is 0 Å². The standard InChI is InChI=1S/C16H30O/c1-6-8-13(17)9-10-14-15(2,3)11-7-12-16(14,4)5/h14H,6-12H2,1-5H3. The molecule has 0 aromatic heterocycles. The lowest BCUT2D eigenvalue weighted by Crippen LogP contribution is -2.40. The number of rotatable bonds is 5. The molecule has 17 heavy (non-hydrogen) atoms. The normalized spacial score (nSPS) is 23.6. The van der Waals surface area contributed by atoms with Crippen molar-refractivity contribution in [2.45, 2.75) is 79.6 Å². The SMILES string of the molecule is CCCC(=O)CCC1C(C)(C)CCCC1(C)C. The first kappa shape index (κ1) is 14.7. The Morgan fingerprint density at radius 3 is 2.06 bits per heavy atom. The lowest BCUT2D eigenvalue weighted by atomic mass is 9.56. The van der Waals surface area contributed by atoms with Crippen LogP contribution in [0.1, 0.15) is 79.6 Å². The van der Waals surface area contributed by atoms with Crippen molar-refractivity contribution < 1.29 is 4.79 Å².